The lowest BCUT2D eigenvalue weighted by Crippen LogP contribution is -2.47. The van der Waals surface area contributed by atoms with E-state index in [2.05, 4.69) is 5.32 Å². The molecule has 1 atom stereocenters. The summed E-state index contributed by atoms with van der Waals surface area (Å²) in [5.41, 5.74) is 7.78. The summed E-state index contributed by atoms with van der Waals surface area (Å²) in [6, 6.07) is 5.33. The molecule has 8 heteroatoms. The zero-order chi connectivity index (χ0) is 17.3. The monoisotopic (exact) mass is 339 g/mol. The van der Waals surface area contributed by atoms with Crippen LogP contribution in [0.2, 0.25) is 0 Å². The number of carbonyl (C=O) groups excluding carboxylic acids is 1. The number of carbonyl (C=O) groups is 1. The molecule has 0 saturated carbocycles. The molecule has 2 rings (SSSR count). The fourth-order valence-corrected chi connectivity index (χ4v) is 4.00. The minimum Gasteiger partial charge on any atom is -0.386 e. The van der Waals surface area contributed by atoms with E-state index in [1.54, 1.807) is 12.1 Å². The van der Waals surface area contributed by atoms with Crippen molar-refractivity contribution in [3.63, 3.8) is 0 Å². The molecule has 0 spiro atoms. The SMILES string of the molecule is CC(C)(C(=N)N)S(=O)(=O)CC1COCc2ccc(NC=O)cc21. The van der Waals surface area contributed by atoms with Gasteiger partial charge < -0.3 is 15.8 Å². The van der Waals surface area contributed by atoms with E-state index in [4.69, 9.17) is 15.9 Å². The van der Waals surface area contributed by atoms with Gasteiger partial charge in [-0.2, -0.15) is 0 Å². The van der Waals surface area contributed by atoms with Crippen LogP contribution in [-0.4, -0.2) is 37.8 Å². The highest BCUT2D eigenvalue weighted by atomic mass is 32.2. The molecule has 0 fully saturated rings. The third-order valence-electron chi connectivity index (χ3n) is 4.23. The number of amides is 1. The molecule has 7 nitrogen and oxygen atoms in total. The second kappa shape index (κ2) is 6.29. The summed E-state index contributed by atoms with van der Waals surface area (Å²) in [4.78, 5) is 10.6. The summed E-state index contributed by atoms with van der Waals surface area (Å²) < 4.78 is 29.3. The second-order valence-electron chi connectivity index (χ2n) is 6.09. The summed E-state index contributed by atoms with van der Waals surface area (Å²) in [7, 11) is -3.65. The Morgan fingerprint density at radius 1 is 1.52 bits per heavy atom. The molecule has 1 aromatic rings. The van der Waals surface area contributed by atoms with Crippen molar-refractivity contribution in [3.05, 3.63) is 29.3 Å². The van der Waals surface area contributed by atoms with Crippen molar-refractivity contribution in [2.24, 2.45) is 5.73 Å². The number of nitrogens with one attached hydrogen (secondary N) is 2. The zero-order valence-electron chi connectivity index (χ0n) is 13.1. The lowest BCUT2D eigenvalue weighted by atomic mass is 9.94. The maximum atomic E-state index is 12.6. The molecule has 1 amide bonds. The van der Waals surface area contributed by atoms with Gasteiger partial charge >= 0.3 is 0 Å². The number of anilines is 1. The first-order valence-corrected chi connectivity index (χ1v) is 8.82. The van der Waals surface area contributed by atoms with Gasteiger partial charge in [-0.25, -0.2) is 8.42 Å². The Hall–Kier alpha value is -1.93. The Kier molecular flexibility index (Phi) is 4.76. The minimum atomic E-state index is -3.65. The van der Waals surface area contributed by atoms with Gasteiger partial charge in [0.15, 0.2) is 9.84 Å². The van der Waals surface area contributed by atoms with Crippen molar-refractivity contribution < 1.29 is 17.9 Å². The Bertz CT molecular complexity index is 728. The smallest absolute Gasteiger partial charge is 0.211 e. The molecule has 1 unspecified atom stereocenters. The maximum absolute atomic E-state index is 12.6. The zero-order valence-corrected chi connectivity index (χ0v) is 13.9. The van der Waals surface area contributed by atoms with Gasteiger partial charge in [0.2, 0.25) is 6.41 Å². The largest absolute Gasteiger partial charge is 0.386 e. The normalized spacial score (nSPS) is 18.1. The maximum Gasteiger partial charge on any atom is 0.211 e. The Balaban J connectivity index is 2.35. The van der Waals surface area contributed by atoms with Crippen molar-refractivity contribution in [2.75, 3.05) is 17.7 Å². The van der Waals surface area contributed by atoms with Crippen LogP contribution < -0.4 is 11.1 Å². The van der Waals surface area contributed by atoms with E-state index in [-0.39, 0.29) is 24.1 Å². The molecule has 0 bridgehead atoms. The second-order valence-corrected chi connectivity index (χ2v) is 8.68. The third kappa shape index (κ3) is 3.37. The van der Waals surface area contributed by atoms with Crippen LogP contribution in [-0.2, 0) is 26.0 Å². The van der Waals surface area contributed by atoms with Crippen LogP contribution in [0.3, 0.4) is 0 Å². The van der Waals surface area contributed by atoms with Gasteiger partial charge in [-0.1, -0.05) is 6.07 Å². The van der Waals surface area contributed by atoms with Gasteiger partial charge in [0.05, 0.1) is 19.0 Å². The average Bonchev–Trinajstić information content (AvgIpc) is 2.47. The van der Waals surface area contributed by atoms with Gasteiger partial charge in [0.1, 0.15) is 10.6 Å². The highest BCUT2D eigenvalue weighted by Crippen LogP contribution is 2.32. The predicted molar refractivity (Wildman–Crippen MR) is 88.3 cm³/mol. The predicted octanol–water partition coefficient (Wildman–Crippen LogP) is 0.998. The summed E-state index contributed by atoms with van der Waals surface area (Å²) in [6.07, 6.45) is 0.575. The van der Waals surface area contributed by atoms with Crippen LogP contribution in [0.5, 0.6) is 0 Å². The number of amidine groups is 1. The van der Waals surface area contributed by atoms with Crippen molar-refractivity contribution in [1.82, 2.24) is 0 Å². The average molecular weight is 339 g/mol. The lowest BCUT2D eigenvalue weighted by molar-refractivity contribution is -0.105. The molecular formula is C15H21N3O4S. The van der Waals surface area contributed by atoms with Gasteiger partial charge in [0, 0.05) is 11.6 Å². The third-order valence-corrected chi connectivity index (χ3v) is 6.85. The van der Waals surface area contributed by atoms with E-state index in [9.17, 15) is 13.2 Å². The van der Waals surface area contributed by atoms with E-state index in [0.717, 1.165) is 11.1 Å². The number of hydrogen-bond acceptors (Lipinski definition) is 5. The first-order valence-electron chi connectivity index (χ1n) is 7.16. The van der Waals surface area contributed by atoms with E-state index in [1.807, 2.05) is 6.07 Å². The van der Waals surface area contributed by atoms with E-state index in [1.165, 1.54) is 13.8 Å². The first kappa shape index (κ1) is 17.4. The first-order chi connectivity index (χ1) is 10.7. The number of sulfone groups is 1. The van der Waals surface area contributed by atoms with E-state index in [0.29, 0.717) is 18.7 Å². The summed E-state index contributed by atoms with van der Waals surface area (Å²) >= 11 is 0. The molecule has 0 aromatic heterocycles. The number of benzene rings is 1. The molecule has 1 aliphatic rings. The molecular weight excluding hydrogens is 318 g/mol. The van der Waals surface area contributed by atoms with Crippen LogP contribution in [0.1, 0.15) is 30.9 Å². The van der Waals surface area contributed by atoms with Gasteiger partial charge in [-0.05, 0) is 37.1 Å². The molecule has 4 N–H and O–H groups in total. The van der Waals surface area contributed by atoms with Gasteiger partial charge in [0.25, 0.3) is 0 Å². The number of rotatable bonds is 6. The fourth-order valence-electron chi connectivity index (χ4n) is 2.44. The van der Waals surface area contributed by atoms with E-state index >= 15 is 0 Å². The number of fused-ring (bicyclic) bond motifs is 1. The molecule has 1 heterocycles. The van der Waals surface area contributed by atoms with Gasteiger partial charge in [-0.15, -0.1) is 0 Å². The van der Waals surface area contributed by atoms with Crippen molar-refractivity contribution in [1.29, 1.82) is 5.41 Å². The topological polar surface area (TPSA) is 122 Å². The Labute approximate surface area is 135 Å². The standard InChI is InChI=1S/C15H21N3O4S/c1-15(2,14(16)17)23(20,21)8-11-7-22-6-10-3-4-12(18-9-19)5-13(10)11/h3-5,9,11H,6-8H2,1-2H3,(H3,16,17)(H,18,19). The number of hydrogen-bond donors (Lipinski definition) is 3. The summed E-state index contributed by atoms with van der Waals surface area (Å²) in [5, 5.41) is 10.1. The molecule has 0 saturated heterocycles. The van der Waals surface area contributed by atoms with Crippen LogP contribution >= 0.6 is 0 Å². The van der Waals surface area contributed by atoms with Crippen molar-refractivity contribution >= 4 is 27.8 Å². The molecule has 1 aromatic carbocycles. The summed E-state index contributed by atoms with van der Waals surface area (Å²) in [6.45, 7) is 3.54. The van der Waals surface area contributed by atoms with Crippen LogP contribution in [0.25, 0.3) is 0 Å². The quantitative estimate of drug-likeness (QED) is 0.405. The number of nitrogens with two attached hydrogens (primary N) is 1. The van der Waals surface area contributed by atoms with Crippen LogP contribution in [0.4, 0.5) is 5.69 Å². The lowest BCUT2D eigenvalue weighted by Gasteiger charge is -2.30. The highest BCUT2D eigenvalue weighted by Gasteiger charge is 2.40. The Morgan fingerprint density at radius 3 is 2.83 bits per heavy atom. The molecule has 0 aliphatic carbocycles. The van der Waals surface area contributed by atoms with Crippen LogP contribution in [0.15, 0.2) is 18.2 Å². The molecule has 126 valence electrons. The molecule has 0 radical (unpaired) electrons. The van der Waals surface area contributed by atoms with Gasteiger partial charge in [-0.3, -0.25) is 10.2 Å². The van der Waals surface area contributed by atoms with Crippen molar-refractivity contribution in [2.45, 2.75) is 31.1 Å². The Morgan fingerprint density at radius 2 is 2.22 bits per heavy atom. The van der Waals surface area contributed by atoms with Crippen molar-refractivity contribution in [3.8, 4) is 0 Å². The highest BCUT2D eigenvalue weighted by molar-refractivity contribution is 7.93. The molecule has 1 aliphatic heterocycles. The van der Waals surface area contributed by atoms with E-state index < -0.39 is 14.6 Å². The number of ether oxygens (including phenoxy) is 1. The fraction of sp³-hybridized carbons (Fsp3) is 0.467. The molecule has 23 heavy (non-hydrogen) atoms. The van der Waals surface area contributed by atoms with Crippen LogP contribution in [0, 0.1) is 5.41 Å². The summed E-state index contributed by atoms with van der Waals surface area (Å²) in [5.74, 6) is -0.918. The minimum absolute atomic E-state index is 0.170.